The predicted molar refractivity (Wildman–Crippen MR) is 148 cm³/mol. The molecule has 0 fully saturated rings. The topological polar surface area (TPSA) is 88.9 Å². The van der Waals surface area contributed by atoms with E-state index in [1.54, 1.807) is 11.8 Å². The van der Waals surface area contributed by atoms with Gasteiger partial charge in [-0.3, -0.25) is 9.69 Å². The normalized spacial score (nSPS) is 12.3. The van der Waals surface area contributed by atoms with Gasteiger partial charge in [0.15, 0.2) is 5.82 Å². The molecule has 5 aromatic rings. The molecule has 0 radical (unpaired) electrons. The van der Waals surface area contributed by atoms with Crippen LogP contribution in [0.5, 0.6) is 0 Å². The van der Waals surface area contributed by atoms with Gasteiger partial charge in [0.2, 0.25) is 0 Å². The number of benzene rings is 3. The maximum atomic E-state index is 13.7. The van der Waals surface area contributed by atoms with Crippen molar-refractivity contribution < 1.29 is 4.74 Å². The Bertz CT molecular complexity index is 1580. The number of nitrogens with one attached hydrogen (secondary N) is 1. The van der Waals surface area contributed by atoms with Gasteiger partial charge < -0.3 is 9.72 Å². The molecule has 2 heterocycles. The molecule has 8 nitrogen and oxygen atoms in total. The molecule has 2 aromatic heterocycles. The number of nitrogens with zero attached hydrogens (tertiary/aromatic N) is 5. The highest BCUT2D eigenvalue weighted by Crippen LogP contribution is 2.31. The van der Waals surface area contributed by atoms with E-state index in [-0.39, 0.29) is 5.56 Å². The van der Waals surface area contributed by atoms with Gasteiger partial charge in [-0.25, -0.2) is 4.68 Å². The van der Waals surface area contributed by atoms with Crippen molar-refractivity contribution in [1.82, 2.24) is 30.1 Å². The van der Waals surface area contributed by atoms with Crippen molar-refractivity contribution in [3.63, 3.8) is 0 Å². The summed E-state index contributed by atoms with van der Waals surface area (Å²) in [6.07, 6.45) is 0. The molecule has 1 N–H and O–H groups in total. The van der Waals surface area contributed by atoms with Crippen LogP contribution in [0.4, 0.5) is 0 Å². The highest BCUT2D eigenvalue weighted by molar-refractivity contribution is 6.31. The number of fused-ring (bicyclic) bond motifs is 1. The lowest BCUT2D eigenvalue weighted by atomic mass is 10.0. The van der Waals surface area contributed by atoms with Crippen LogP contribution in [0.15, 0.2) is 83.7 Å². The van der Waals surface area contributed by atoms with Crippen LogP contribution in [0.25, 0.3) is 10.9 Å². The van der Waals surface area contributed by atoms with E-state index in [0.29, 0.717) is 42.7 Å². The first-order valence-electron chi connectivity index (χ1n) is 12.4. The summed E-state index contributed by atoms with van der Waals surface area (Å²) in [5, 5.41) is 14.2. The van der Waals surface area contributed by atoms with Gasteiger partial charge >= 0.3 is 0 Å². The van der Waals surface area contributed by atoms with Gasteiger partial charge in [-0.15, -0.1) is 5.10 Å². The second-order valence-electron chi connectivity index (χ2n) is 9.28. The summed E-state index contributed by atoms with van der Waals surface area (Å²) in [5.74, 6) is 0.557. The van der Waals surface area contributed by atoms with Crippen molar-refractivity contribution in [2.45, 2.75) is 32.6 Å². The van der Waals surface area contributed by atoms with E-state index in [0.717, 1.165) is 27.6 Å². The van der Waals surface area contributed by atoms with E-state index in [9.17, 15) is 4.79 Å². The first-order chi connectivity index (χ1) is 18.5. The van der Waals surface area contributed by atoms with E-state index >= 15 is 0 Å². The zero-order valence-electron chi connectivity index (χ0n) is 21.3. The van der Waals surface area contributed by atoms with Gasteiger partial charge in [0, 0.05) is 36.3 Å². The van der Waals surface area contributed by atoms with Crippen molar-refractivity contribution in [3.8, 4) is 0 Å². The van der Waals surface area contributed by atoms with Gasteiger partial charge in [0.1, 0.15) is 6.04 Å². The Hall–Kier alpha value is -3.85. The molecule has 5 rings (SSSR count). The number of halogens is 1. The molecule has 38 heavy (non-hydrogen) atoms. The third-order valence-corrected chi connectivity index (χ3v) is 6.93. The second kappa shape index (κ2) is 11.7. The minimum atomic E-state index is -0.562. The largest absolute Gasteiger partial charge is 0.383 e. The van der Waals surface area contributed by atoms with E-state index < -0.39 is 6.04 Å². The molecule has 3 aromatic carbocycles. The number of aromatic amines is 1. The van der Waals surface area contributed by atoms with E-state index in [1.165, 1.54) is 0 Å². The summed E-state index contributed by atoms with van der Waals surface area (Å²) in [6.45, 7) is 3.90. The zero-order chi connectivity index (χ0) is 26.5. The van der Waals surface area contributed by atoms with Crippen LogP contribution in [0.3, 0.4) is 0 Å². The maximum Gasteiger partial charge on any atom is 0.253 e. The predicted octanol–water partition coefficient (Wildman–Crippen LogP) is 4.91. The summed E-state index contributed by atoms with van der Waals surface area (Å²) in [5.41, 5.74) is 4.26. The number of H-pyrrole nitrogens is 1. The van der Waals surface area contributed by atoms with Crippen molar-refractivity contribution in [1.29, 1.82) is 0 Å². The first-order valence-corrected chi connectivity index (χ1v) is 12.8. The molecule has 0 spiro atoms. The van der Waals surface area contributed by atoms with Crippen molar-refractivity contribution >= 4 is 22.5 Å². The first kappa shape index (κ1) is 25.8. The van der Waals surface area contributed by atoms with Crippen LogP contribution in [0, 0.1) is 6.92 Å². The van der Waals surface area contributed by atoms with Crippen LogP contribution < -0.4 is 5.56 Å². The Kier molecular flexibility index (Phi) is 7.93. The lowest BCUT2D eigenvalue weighted by molar-refractivity contribution is 0.169. The molecule has 9 heteroatoms. The van der Waals surface area contributed by atoms with Crippen molar-refractivity contribution in [3.05, 3.63) is 122 Å². The van der Waals surface area contributed by atoms with E-state index in [2.05, 4.69) is 37.5 Å². The molecular weight excluding hydrogens is 500 g/mol. The number of rotatable bonds is 10. The molecule has 0 aliphatic carbocycles. The fraction of sp³-hybridized carbons (Fsp3) is 0.241. The average Bonchev–Trinajstić information content (AvgIpc) is 3.38. The molecular formula is C29H29ClN6O2. The standard InChI is InChI=1S/C29H29ClN6O2/c1-20-12-13-22-17-24(29(37)31-26(22)16-20)27(28-32-33-34-36(28)14-15-38-2)35(18-21-8-4-3-5-9-21)19-23-10-6-7-11-25(23)30/h3-13,16-17,27H,14-15,18-19H2,1-2H3,(H,31,37)/t27-/m0/s1. The number of aromatic nitrogens is 5. The van der Waals surface area contributed by atoms with Gasteiger partial charge in [0.25, 0.3) is 5.56 Å². The number of pyridine rings is 1. The third kappa shape index (κ3) is 5.67. The summed E-state index contributed by atoms with van der Waals surface area (Å²) in [7, 11) is 1.64. The van der Waals surface area contributed by atoms with Crippen LogP contribution in [-0.2, 0) is 24.4 Å². The molecule has 0 saturated heterocycles. The number of aryl methyl sites for hydroxylation is 1. The van der Waals surface area contributed by atoms with Gasteiger partial charge in [-0.2, -0.15) is 0 Å². The summed E-state index contributed by atoms with van der Waals surface area (Å²) >= 11 is 6.61. The van der Waals surface area contributed by atoms with Gasteiger partial charge in [0.05, 0.1) is 13.2 Å². The second-order valence-corrected chi connectivity index (χ2v) is 9.69. The van der Waals surface area contributed by atoms with E-state index in [4.69, 9.17) is 16.3 Å². The molecule has 194 valence electrons. The molecule has 0 saturated carbocycles. The minimum Gasteiger partial charge on any atom is -0.383 e. The van der Waals surface area contributed by atoms with Crippen LogP contribution in [0.2, 0.25) is 5.02 Å². The Morgan fingerprint density at radius 3 is 2.61 bits per heavy atom. The Balaban J connectivity index is 1.70. The number of hydrogen-bond donors (Lipinski definition) is 1. The fourth-order valence-electron chi connectivity index (χ4n) is 4.68. The molecule has 0 aliphatic heterocycles. The SMILES string of the molecule is COCCn1nnnc1[C@H](c1cc2ccc(C)cc2[nH]c1=O)N(Cc1ccccc1)Cc1ccccc1Cl. The molecule has 0 bridgehead atoms. The highest BCUT2D eigenvalue weighted by atomic mass is 35.5. The number of ether oxygens (including phenoxy) is 1. The summed E-state index contributed by atoms with van der Waals surface area (Å²) in [4.78, 5) is 18.9. The number of tetrazole rings is 1. The van der Waals surface area contributed by atoms with Crippen molar-refractivity contribution in [2.24, 2.45) is 0 Å². The fourth-order valence-corrected chi connectivity index (χ4v) is 4.88. The minimum absolute atomic E-state index is 0.188. The van der Waals surface area contributed by atoms with Gasteiger partial charge in [-0.1, -0.05) is 72.3 Å². The highest BCUT2D eigenvalue weighted by Gasteiger charge is 2.31. The Morgan fingerprint density at radius 1 is 1.03 bits per heavy atom. The Morgan fingerprint density at radius 2 is 1.82 bits per heavy atom. The molecule has 0 unspecified atom stereocenters. The monoisotopic (exact) mass is 528 g/mol. The number of hydrogen-bond acceptors (Lipinski definition) is 6. The molecule has 0 aliphatic rings. The number of methoxy groups -OCH3 is 1. The average molecular weight is 529 g/mol. The summed E-state index contributed by atoms with van der Waals surface area (Å²) < 4.78 is 7.01. The summed E-state index contributed by atoms with van der Waals surface area (Å²) in [6, 6.07) is 25.3. The van der Waals surface area contributed by atoms with Gasteiger partial charge in [-0.05, 0) is 57.6 Å². The third-order valence-electron chi connectivity index (χ3n) is 6.56. The maximum absolute atomic E-state index is 13.7. The van der Waals surface area contributed by atoms with Crippen LogP contribution in [-0.4, -0.2) is 43.8 Å². The van der Waals surface area contributed by atoms with Crippen molar-refractivity contribution in [2.75, 3.05) is 13.7 Å². The molecule has 0 amide bonds. The zero-order valence-corrected chi connectivity index (χ0v) is 22.1. The van der Waals surface area contributed by atoms with Crippen LogP contribution in [0.1, 0.15) is 34.1 Å². The quantitative estimate of drug-likeness (QED) is 0.277. The Labute approximate surface area is 225 Å². The molecule has 1 atom stereocenters. The van der Waals surface area contributed by atoms with Crippen LogP contribution >= 0.6 is 11.6 Å². The lowest BCUT2D eigenvalue weighted by Crippen LogP contribution is -2.35. The lowest BCUT2D eigenvalue weighted by Gasteiger charge is -2.31. The van der Waals surface area contributed by atoms with E-state index in [1.807, 2.05) is 73.7 Å². The smallest absolute Gasteiger partial charge is 0.253 e.